The Hall–Kier alpha value is -2.93. The summed E-state index contributed by atoms with van der Waals surface area (Å²) in [7, 11) is 0. The number of rotatable bonds is 7. The second-order valence-electron chi connectivity index (χ2n) is 8.42. The molecule has 2 atom stereocenters. The second-order valence-corrected chi connectivity index (χ2v) is 8.83. The molecule has 6 nitrogen and oxygen atoms in total. The Morgan fingerprint density at radius 3 is 2.52 bits per heavy atom. The molecule has 176 valence electrons. The molecule has 3 rings (SSSR count). The third-order valence-electron chi connectivity index (χ3n) is 5.51. The number of ether oxygens (including phenoxy) is 1. The molecule has 0 bridgehead atoms. The van der Waals surface area contributed by atoms with Gasteiger partial charge in [0.2, 0.25) is 5.91 Å². The molecule has 0 spiro atoms. The van der Waals surface area contributed by atoms with E-state index in [2.05, 4.69) is 5.32 Å². The highest BCUT2D eigenvalue weighted by Crippen LogP contribution is 2.27. The van der Waals surface area contributed by atoms with Gasteiger partial charge in [-0.1, -0.05) is 29.8 Å². The fraction of sp³-hybridized carbons (Fsp3) is 0.400. The van der Waals surface area contributed by atoms with Crippen LogP contribution in [-0.2, 0) is 14.3 Å². The first-order chi connectivity index (χ1) is 15.7. The molecule has 1 fully saturated rings. The predicted octanol–water partition coefficient (Wildman–Crippen LogP) is 4.53. The minimum atomic E-state index is -0.652. The van der Waals surface area contributed by atoms with E-state index in [-0.39, 0.29) is 30.9 Å². The van der Waals surface area contributed by atoms with Crippen LogP contribution in [0, 0.1) is 11.7 Å². The van der Waals surface area contributed by atoms with Gasteiger partial charge in [-0.15, -0.1) is 0 Å². The highest BCUT2D eigenvalue weighted by molar-refractivity contribution is 6.31. The third-order valence-corrected chi connectivity index (χ3v) is 5.85. The normalized spacial score (nSPS) is 16.9. The molecule has 0 unspecified atom stereocenters. The van der Waals surface area contributed by atoms with Crippen LogP contribution in [0.25, 0.3) is 0 Å². The van der Waals surface area contributed by atoms with Crippen LogP contribution in [0.4, 0.5) is 4.39 Å². The summed E-state index contributed by atoms with van der Waals surface area (Å²) in [4.78, 5) is 39.9. The standard InChI is InChI=1S/C25H28ClFN2O4/c1-16(2)33-23(30)14-22(20-7-3-4-8-21(20)26)28-24(31)18-6-5-13-29(15-18)25(32)17-9-11-19(27)12-10-17/h3-4,7-12,16,18,22H,5-6,13-15H2,1-2H3,(H,28,31)/t18-,22+/m0/s1. The maximum absolute atomic E-state index is 13.2. The maximum atomic E-state index is 13.2. The third kappa shape index (κ3) is 6.78. The van der Waals surface area contributed by atoms with Gasteiger partial charge in [-0.2, -0.15) is 0 Å². The number of piperidine rings is 1. The number of hydrogen-bond donors (Lipinski definition) is 1. The van der Waals surface area contributed by atoms with Crippen LogP contribution in [0.1, 0.15) is 55.1 Å². The molecule has 33 heavy (non-hydrogen) atoms. The van der Waals surface area contributed by atoms with E-state index >= 15 is 0 Å². The van der Waals surface area contributed by atoms with Crippen LogP contribution in [0.5, 0.6) is 0 Å². The van der Waals surface area contributed by atoms with Crippen molar-refractivity contribution < 1.29 is 23.5 Å². The zero-order valence-electron chi connectivity index (χ0n) is 18.7. The Morgan fingerprint density at radius 2 is 1.85 bits per heavy atom. The first-order valence-corrected chi connectivity index (χ1v) is 11.4. The van der Waals surface area contributed by atoms with E-state index in [0.29, 0.717) is 35.5 Å². The molecule has 0 radical (unpaired) electrons. The summed E-state index contributed by atoms with van der Waals surface area (Å²) in [6.45, 7) is 4.29. The van der Waals surface area contributed by atoms with Crippen molar-refractivity contribution in [3.05, 3.63) is 70.5 Å². The number of hydrogen-bond acceptors (Lipinski definition) is 4. The van der Waals surface area contributed by atoms with Gasteiger partial charge < -0.3 is 15.0 Å². The Kier molecular flexibility index (Phi) is 8.44. The van der Waals surface area contributed by atoms with Crippen LogP contribution in [-0.4, -0.2) is 41.9 Å². The zero-order chi connectivity index (χ0) is 24.0. The molecule has 1 saturated heterocycles. The predicted molar refractivity (Wildman–Crippen MR) is 123 cm³/mol. The van der Waals surface area contributed by atoms with Crippen molar-refractivity contribution in [2.75, 3.05) is 13.1 Å². The van der Waals surface area contributed by atoms with Crippen LogP contribution >= 0.6 is 11.6 Å². The van der Waals surface area contributed by atoms with Gasteiger partial charge in [-0.05, 0) is 62.6 Å². The average Bonchev–Trinajstić information content (AvgIpc) is 2.78. The monoisotopic (exact) mass is 474 g/mol. The highest BCUT2D eigenvalue weighted by Gasteiger charge is 2.31. The zero-order valence-corrected chi connectivity index (χ0v) is 19.5. The molecule has 1 N–H and O–H groups in total. The number of esters is 1. The van der Waals surface area contributed by atoms with E-state index in [1.165, 1.54) is 24.3 Å². The van der Waals surface area contributed by atoms with Gasteiger partial charge >= 0.3 is 5.97 Å². The van der Waals surface area contributed by atoms with Crippen LogP contribution in [0.15, 0.2) is 48.5 Å². The van der Waals surface area contributed by atoms with Gasteiger partial charge in [0, 0.05) is 23.7 Å². The van der Waals surface area contributed by atoms with Crippen molar-refractivity contribution in [1.82, 2.24) is 10.2 Å². The molecule has 8 heteroatoms. The molecule has 2 aromatic carbocycles. The molecular weight excluding hydrogens is 447 g/mol. The number of benzene rings is 2. The summed E-state index contributed by atoms with van der Waals surface area (Å²) in [6.07, 6.45) is 0.949. The van der Waals surface area contributed by atoms with E-state index in [1.807, 2.05) is 0 Å². The largest absolute Gasteiger partial charge is 0.463 e. The van der Waals surface area contributed by atoms with Crippen molar-refractivity contribution in [2.24, 2.45) is 5.92 Å². The SMILES string of the molecule is CC(C)OC(=O)C[C@@H](NC(=O)[C@H]1CCCN(C(=O)c2ccc(F)cc2)C1)c1ccccc1Cl. The smallest absolute Gasteiger partial charge is 0.308 e. The molecular formula is C25H28ClFN2O4. The van der Waals surface area contributed by atoms with E-state index in [9.17, 15) is 18.8 Å². The molecule has 1 aliphatic rings. The van der Waals surface area contributed by atoms with Gasteiger partial charge in [-0.25, -0.2) is 4.39 Å². The molecule has 2 amide bonds. The summed E-state index contributed by atoms with van der Waals surface area (Å²) in [5.41, 5.74) is 1.01. The summed E-state index contributed by atoms with van der Waals surface area (Å²) < 4.78 is 18.5. The van der Waals surface area contributed by atoms with E-state index in [1.54, 1.807) is 43.0 Å². The van der Waals surface area contributed by atoms with E-state index < -0.39 is 23.7 Å². The number of nitrogens with zero attached hydrogens (tertiary/aromatic N) is 1. The molecule has 2 aromatic rings. The maximum Gasteiger partial charge on any atom is 0.308 e. The minimum absolute atomic E-state index is 0.0569. The van der Waals surface area contributed by atoms with Crippen molar-refractivity contribution in [3.63, 3.8) is 0 Å². The summed E-state index contributed by atoms with van der Waals surface area (Å²) in [5, 5.41) is 3.38. The van der Waals surface area contributed by atoms with Gasteiger partial charge in [0.25, 0.3) is 5.91 Å². The summed E-state index contributed by atoms with van der Waals surface area (Å²) >= 11 is 6.34. The molecule has 0 aromatic heterocycles. The van der Waals surface area contributed by atoms with Crippen LogP contribution in [0.2, 0.25) is 5.02 Å². The van der Waals surface area contributed by atoms with Crippen molar-refractivity contribution in [1.29, 1.82) is 0 Å². The van der Waals surface area contributed by atoms with Gasteiger partial charge in [0.1, 0.15) is 5.82 Å². The molecule has 0 saturated carbocycles. The first kappa shape index (κ1) is 24.7. The number of carbonyl (C=O) groups is 3. The molecule has 0 aliphatic carbocycles. The summed E-state index contributed by atoms with van der Waals surface area (Å²) in [6, 6.07) is 11.7. The van der Waals surface area contributed by atoms with Gasteiger partial charge in [0.15, 0.2) is 0 Å². The number of likely N-dealkylation sites (tertiary alicyclic amines) is 1. The fourth-order valence-electron chi connectivity index (χ4n) is 3.91. The van der Waals surface area contributed by atoms with Crippen molar-refractivity contribution in [2.45, 2.75) is 45.3 Å². The number of nitrogens with one attached hydrogen (secondary N) is 1. The lowest BCUT2D eigenvalue weighted by atomic mass is 9.95. The molecule has 1 aliphatic heterocycles. The lowest BCUT2D eigenvalue weighted by molar-refractivity contribution is -0.148. The van der Waals surface area contributed by atoms with E-state index in [0.717, 1.165) is 0 Å². The quantitative estimate of drug-likeness (QED) is 0.598. The number of amides is 2. The summed E-state index contributed by atoms with van der Waals surface area (Å²) in [5.74, 6) is -1.78. The Labute approximate surface area is 198 Å². The number of halogens is 2. The topological polar surface area (TPSA) is 75.7 Å². The van der Waals surface area contributed by atoms with Crippen molar-refractivity contribution in [3.8, 4) is 0 Å². The highest BCUT2D eigenvalue weighted by atomic mass is 35.5. The first-order valence-electron chi connectivity index (χ1n) is 11.0. The Balaban J connectivity index is 1.71. The van der Waals surface area contributed by atoms with Crippen LogP contribution < -0.4 is 5.32 Å². The average molecular weight is 475 g/mol. The fourth-order valence-corrected chi connectivity index (χ4v) is 4.18. The second kappa shape index (κ2) is 11.3. The lowest BCUT2D eigenvalue weighted by Gasteiger charge is -2.33. The Bertz CT molecular complexity index is 996. The van der Waals surface area contributed by atoms with E-state index in [4.69, 9.17) is 16.3 Å². The lowest BCUT2D eigenvalue weighted by Crippen LogP contribution is -2.46. The Morgan fingerprint density at radius 1 is 1.15 bits per heavy atom. The van der Waals surface area contributed by atoms with Gasteiger partial charge in [-0.3, -0.25) is 14.4 Å². The van der Waals surface area contributed by atoms with Crippen LogP contribution in [0.3, 0.4) is 0 Å². The number of carbonyl (C=O) groups excluding carboxylic acids is 3. The van der Waals surface area contributed by atoms with Gasteiger partial charge in [0.05, 0.1) is 24.5 Å². The molecule has 1 heterocycles. The van der Waals surface area contributed by atoms with Crippen molar-refractivity contribution >= 4 is 29.4 Å². The minimum Gasteiger partial charge on any atom is -0.463 e.